The van der Waals surface area contributed by atoms with Crippen molar-refractivity contribution in [1.82, 2.24) is 9.88 Å². The molecule has 1 fully saturated rings. The van der Waals surface area contributed by atoms with Gasteiger partial charge in [0.1, 0.15) is 0 Å². The number of ether oxygens (including phenoxy) is 2. The van der Waals surface area contributed by atoms with Crippen molar-refractivity contribution in [2.75, 3.05) is 20.8 Å². The largest absolute Gasteiger partial charge is 0.493 e. The molecular formula is C27H30N2O4. The average Bonchev–Trinajstić information content (AvgIpc) is 2.80. The van der Waals surface area contributed by atoms with Crippen LogP contribution in [0.3, 0.4) is 0 Å². The van der Waals surface area contributed by atoms with Crippen molar-refractivity contribution in [3.63, 3.8) is 0 Å². The van der Waals surface area contributed by atoms with E-state index in [2.05, 4.69) is 18.0 Å². The third-order valence-electron chi connectivity index (χ3n) is 7.25. The number of carbonyl (C=O) groups is 1. The monoisotopic (exact) mass is 446 g/mol. The lowest BCUT2D eigenvalue weighted by atomic mass is 9.81. The maximum absolute atomic E-state index is 13.5. The predicted molar refractivity (Wildman–Crippen MR) is 128 cm³/mol. The average molecular weight is 447 g/mol. The molecule has 0 bridgehead atoms. The van der Waals surface area contributed by atoms with Gasteiger partial charge in [-0.25, -0.2) is 0 Å². The number of aromatic amines is 1. The van der Waals surface area contributed by atoms with Crippen molar-refractivity contribution in [3.8, 4) is 11.5 Å². The van der Waals surface area contributed by atoms with Gasteiger partial charge in [-0.3, -0.25) is 9.59 Å². The number of fused-ring (bicyclic) bond motifs is 2. The summed E-state index contributed by atoms with van der Waals surface area (Å²) in [5.41, 5.74) is 4.46. The van der Waals surface area contributed by atoms with E-state index in [0.29, 0.717) is 23.6 Å². The van der Waals surface area contributed by atoms with Crippen molar-refractivity contribution in [1.29, 1.82) is 0 Å². The Morgan fingerprint density at radius 1 is 1.06 bits per heavy atom. The summed E-state index contributed by atoms with van der Waals surface area (Å²) in [4.78, 5) is 31.8. The minimum Gasteiger partial charge on any atom is -0.493 e. The number of aromatic nitrogens is 1. The smallest absolute Gasteiger partial charge is 0.254 e. The molecule has 2 heterocycles. The SMILES string of the molecule is CCc1ccc2[nH]c(=O)c(C3c4cc(OC)c(OC)cc4CCN3C(=O)C3CCC3)cc2c1. The van der Waals surface area contributed by atoms with Gasteiger partial charge in [0.05, 0.1) is 20.3 Å². The number of hydrogen-bond donors (Lipinski definition) is 1. The molecule has 5 rings (SSSR count). The van der Waals surface area contributed by atoms with E-state index in [1.54, 1.807) is 14.2 Å². The van der Waals surface area contributed by atoms with Crippen LogP contribution in [-0.2, 0) is 17.6 Å². The van der Waals surface area contributed by atoms with Gasteiger partial charge in [-0.05, 0) is 78.1 Å². The minimum absolute atomic E-state index is 0.0559. The summed E-state index contributed by atoms with van der Waals surface area (Å²) in [5.74, 6) is 1.47. The lowest BCUT2D eigenvalue weighted by molar-refractivity contribution is -0.140. The first-order chi connectivity index (χ1) is 16.0. The number of amides is 1. The Labute approximate surface area is 193 Å². The molecule has 6 nitrogen and oxygen atoms in total. The first-order valence-electron chi connectivity index (χ1n) is 11.7. The molecule has 1 aliphatic heterocycles. The van der Waals surface area contributed by atoms with Crippen LogP contribution < -0.4 is 15.0 Å². The zero-order valence-electron chi connectivity index (χ0n) is 19.4. The molecule has 1 atom stereocenters. The van der Waals surface area contributed by atoms with Crippen molar-refractivity contribution < 1.29 is 14.3 Å². The molecule has 1 aromatic heterocycles. The van der Waals surface area contributed by atoms with Gasteiger partial charge in [0.2, 0.25) is 5.91 Å². The number of benzene rings is 2. The Kier molecular flexibility index (Phi) is 5.60. The minimum atomic E-state index is -0.458. The molecule has 3 aromatic rings. The van der Waals surface area contributed by atoms with E-state index in [9.17, 15) is 9.59 Å². The summed E-state index contributed by atoms with van der Waals surface area (Å²) in [7, 11) is 3.23. The van der Waals surface area contributed by atoms with Crippen molar-refractivity contribution >= 4 is 16.8 Å². The van der Waals surface area contributed by atoms with E-state index in [1.807, 2.05) is 35.2 Å². The molecule has 172 valence electrons. The van der Waals surface area contributed by atoms with Gasteiger partial charge in [-0.2, -0.15) is 0 Å². The van der Waals surface area contributed by atoms with Crippen LogP contribution in [0.5, 0.6) is 11.5 Å². The lowest BCUT2D eigenvalue weighted by Gasteiger charge is -2.41. The molecule has 0 spiro atoms. The molecular weight excluding hydrogens is 416 g/mol. The number of H-pyrrole nitrogens is 1. The highest BCUT2D eigenvalue weighted by Gasteiger charge is 2.39. The fourth-order valence-electron chi connectivity index (χ4n) is 5.10. The Bertz CT molecular complexity index is 1280. The summed E-state index contributed by atoms with van der Waals surface area (Å²) in [6.45, 7) is 2.69. The summed E-state index contributed by atoms with van der Waals surface area (Å²) < 4.78 is 11.1. The van der Waals surface area contributed by atoms with Gasteiger partial charge in [-0.1, -0.05) is 19.4 Å². The van der Waals surface area contributed by atoms with E-state index >= 15 is 0 Å². The zero-order chi connectivity index (χ0) is 23.1. The van der Waals surface area contributed by atoms with Crippen LogP contribution >= 0.6 is 0 Å². The van der Waals surface area contributed by atoms with Gasteiger partial charge in [0, 0.05) is 23.5 Å². The number of rotatable bonds is 5. The molecule has 1 saturated carbocycles. The van der Waals surface area contributed by atoms with Crippen LogP contribution in [0.4, 0.5) is 0 Å². The molecule has 1 amide bonds. The topological polar surface area (TPSA) is 71.6 Å². The van der Waals surface area contributed by atoms with Crippen LogP contribution in [-0.4, -0.2) is 36.6 Å². The molecule has 2 aliphatic rings. The van der Waals surface area contributed by atoms with Gasteiger partial charge < -0.3 is 19.4 Å². The van der Waals surface area contributed by atoms with Gasteiger partial charge >= 0.3 is 0 Å². The number of methoxy groups -OCH3 is 2. The lowest BCUT2D eigenvalue weighted by Crippen LogP contribution is -2.46. The number of nitrogens with zero attached hydrogens (tertiary/aromatic N) is 1. The van der Waals surface area contributed by atoms with Crippen LogP contribution in [0.25, 0.3) is 10.9 Å². The Morgan fingerprint density at radius 3 is 2.48 bits per heavy atom. The highest BCUT2D eigenvalue weighted by Crippen LogP contribution is 2.42. The highest BCUT2D eigenvalue weighted by atomic mass is 16.5. The second-order valence-corrected chi connectivity index (χ2v) is 9.05. The van der Waals surface area contributed by atoms with E-state index in [-0.39, 0.29) is 17.4 Å². The maximum Gasteiger partial charge on any atom is 0.254 e. The molecule has 33 heavy (non-hydrogen) atoms. The second-order valence-electron chi connectivity index (χ2n) is 9.05. The van der Waals surface area contributed by atoms with Gasteiger partial charge in [-0.15, -0.1) is 0 Å². The Morgan fingerprint density at radius 2 is 1.82 bits per heavy atom. The number of pyridine rings is 1. The first-order valence-corrected chi connectivity index (χ1v) is 11.7. The van der Waals surface area contributed by atoms with Crippen LogP contribution in [0.1, 0.15) is 54.5 Å². The molecule has 6 heteroatoms. The zero-order valence-corrected chi connectivity index (χ0v) is 19.4. The third kappa shape index (κ3) is 3.67. The highest BCUT2D eigenvalue weighted by molar-refractivity contribution is 5.83. The molecule has 1 unspecified atom stereocenters. The number of aryl methyl sites for hydroxylation is 1. The Balaban J connectivity index is 1.71. The van der Waals surface area contributed by atoms with Crippen molar-refractivity contribution in [2.24, 2.45) is 5.92 Å². The fourth-order valence-corrected chi connectivity index (χ4v) is 5.10. The number of carbonyl (C=O) groups excluding carboxylic acids is 1. The van der Waals surface area contributed by atoms with Crippen LogP contribution in [0, 0.1) is 5.92 Å². The van der Waals surface area contributed by atoms with E-state index < -0.39 is 6.04 Å². The fraction of sp³-hybridized carbons (Fsp3) is 0.407. The normalized spacial score (nSPS) is 18.0. The molecule has 1 aliphatic carbocycles. The van der Waals surface area contributed by atoms with Gasteiger partial charge in [0.15, 0.2) is 11.5 Å². The molecule has 0 saturated heterocycles. The molecule has 2 aromatic carbocycles. The van der Waals surface area contributed by atoms with E-state index in [0.717, 1.165) is 54.1 Å². The molecule has 0 radical (unpaired) electrons. The second kappa shape index (κ2) is 8.58. The number of nitrogens with one attached hydrogen (secondary N) is 1. The summed E-state index contributed by atoms with van der Waals surface area (Å²) >= 11 is 0. The van der Waals surface area contributed by atoms with Crippen LogP contribution in [0.2, 0.25) is 0 Å². The first kappa shape index (κ1) is 21.6. The predicted octanol–water partition coefficient (Wildman–Crippen LogP) is 4.38. The van der Waals surface area contributed by atoms with Crippen molar-refractivity contribution in [3.05, 3.63) is 69.0 Å². The van der Waals surface area contributed by atoms with E-state index in [1.165, 1.54) is 5.56 Å². The molecule has 1 N–H and O–H groups in total. The van der Waals surface area contributed by atoms with E-state index in [4.69, 9.17) is 9.47 Å². The van der Waals surface area contributed by atoms with Crippen molar-refractivity contribution in [2.45, 2.75) is 45.1 Å². The van der Waals surface area contributed by atoms with Gasteiger partial charge in [0.25, 0.3) is 5.56 Å². The third-order valence-corrected chi connectivity index (χ3v) is 7.25. The standard InChI is InChI=1S/C27H30N2O4/c1-4-16-8-9-22-19(12-16)13-21(26(30)28-22)25-20-15-24(33-3)23(32-2)14-18(20)10-11-29(25)27(31)17-6-5-7-17/h8-9,12-15,17,25H,4-7,10-11H2,1-3H3,(H,28,30). The summed E-state index contributed by atoms with van der Waals surface area (Å²) in [6, 6.07) is 11.5. The summed E-state index contributed by atoms with van der Waals surface area (Å²) in [6.07, 6.45) is 4.58. The Hall–Kier alpha value is -3.28. The summed E-state index contributed by atoms with van der Waals surface area (Å²) in [5, 5.41) is 0.979. The quantitative estimate of drug-likeness (QED) is 0.631. The number of hydrogen-bond acceptors (Lipinski definition) is 4. The van der Waals surface area contributed by atoms with Crippen LogP contribution in [0.15, 0.2) is 41.2 Å². The maximum atomic E-state index is 13.5.